The molecular formula is C19H18N6O2. The molecule has 0 aromatic carbocycles. The van der Waals surface area contributed by atoms with Gasteiger partial charge in [-0.3, -0.25) is 14.0 Å². The topological polar surface area (TPSA) is 107 Å². The average Bonchev–Trinajstić information content (AvgIpc) is 3.08. The number of carbonyl (C=O) groups excluding carboxylic acids is 1. The molecule has 3 N–H and O–H groups in total. The molecule has 136 valence electrons. The summed E-state index contributed by atoms with van der Waals surface area (Å²) in [6, 6.07) is 10.3. The van der Waals surface area contributed by atoms with Gasteiger partial charge in [0.25, 0.3) is 11.5 Å². The second-order valence-electron chi connectivity index (χ2n) is 6.16. The first-order chi connectivity index (χ1) is 13.1. The van der Waals surface area contributed by atoms with Gasteiger partial charge in [-0.05, 0) is 36.7 Å². The fraction of sp³-hybridized carbons (Fsp3) is 0.158. The van der Waals surface area contributed by atoms with Crippen LogP contribution >= 0.6 is 0 Å². The third-order valence-corrected chi connectivity index (χ3v) is 4.23. The molecule has 0 aliphatic rings. The molecule has 8 heteroatoms. The fourth-order valence-corrected chi connectivity index (χ4v) is 2.92. The molecule has 0 aliphatic carbocycles. The van der Waals surface area contributed by atoms with Gasteiger partial charge in [0, 0.05) is 24.7 Å². The standard InChI is InChI=1S/C19H18N6O2/c20-7-6-13-4-5-16-22-14(12-24(16)11-13)10-21-19(27)15-9-18(26)25-8-2-1-3-17(25)23-15/h1-5,8-9,11-12H,6-7,10,20H2,(H,21,27). The molecule has 0 saturated carbocycles. The van der Waals surface area contributed by atoms with Crippen molar-refractivity contribution in [3.05, 3.63) is 82.3 Å². The molecular weight excluding hydrogens is 344 g/mol. The molecule has 4 aromatic heterocycles. The number of rotatable bonds is 5. The van der Waals surface area contributed by atoms with Crippen LogP contribution in [0.3, 0.4) is 0 Å². The van der Waals surface area contributed by atoms with E-state index in [1.165, 1.54) is 10.5 Å². The number of carbonyl (C=O) groups is 1. The van der Waals surface area contributed by atoms with Gasteiger partial charge in [0.1, 0.15) is 17.0 Å². The maximum Gasteiger partial charge on any atom is 0.270 e. The summed E-state index contributed by atoms with van der Waals surface area (Å²) in [6.07, 6.45) is 6.25. The summed E-state index contributed by atoms with van der Waals surface area (Å²) in [5.74, 6) is -0.417. The zero-order valence-corrected chi connectivity index (χ0v) is 14.5. The number of fused-ring (bicyclic) bond motifs is 2. The lowest BCUT2D eigenvalue weighted by Crippen LogP contribution is -2.27. The highest BCUT2D eigenvalue weighted by Crippen LogP contribution is 2.08. The fourth-order valence-electron chi connectivity index (χ4n) is 2.92. The summed E-state index contributed by atoms with van der Waals surface area (Å²) in [5, 5.41) is 2.76. The molecule has 8 nitrogen and oxygen atoms in total. The Hall–Kier alpha value is -3.52. The second-order valence-corrected chi connectivity index (χ2v) is 6.16. The van der Waals surface area contributed by atoms with Crippen molar-refractivity contribution in [3.8, 4) is 0 Å². The Bertz CT molecular complexity index is 1190. The predicted octanol–water partition coefficient (Wildman–Crippen LogP) is 0.773. The van der Waals surface area contributed by atoms with Gasteiger partial charge in [0.05, 0.1) is 12.2 Å². The number of imidazole rings is 1. The summed E-state index contributed by atoms with van der Waals surface area (Å²) >= 11 is 0. The number of nitrogens with zero attached hydrogens (tertiary/aromatic N) is 4. The third kappa shape index (κ3) is 3.42. The highest BCUT2D eigenvalue weighted by atomic mass is 16.2. The van der Waals surface area contributed by atoms with E-state index < -0.39 is 5.91 Å². The Kier molecular flexibility index (Phi) is 4.39. The predicted molar refractivity (Wildman–Crippen MR) is 101 cm³/mol. The van der Waals surface area contributed by atoms with Crippen molar-refractivity contribution in [3.63, 3.8) is 0 Å². The quantitative estimate of drug-likeness (QED) is 0.545. The van der Waals surface area contributed by atoms with E-state index in [1.807, 2.05) is 28.9 Å². The molecule has 0 radical (unpaired) electrons. The van der Waals surface area contributed by atoms with Gasteiger partial charge in [-0.2, -0.15) is 0 Å². The van der Waals surface area contributed by atoms with E-state index in [0.29, 0.717) is 17.9 Å². The Morgan fingerprint density at radius 1 is 1.11 bits per heavy atom. The highest BCUT2D eigenvalue weighted by Gasteiger charge is 2.11. The minimum absolute atomic E-state index is 0.0835. The van der Waals surface area contributed by atoms with Crippen LogP contribution in [0.25, 0.3) is 11.3 Å². The van der Waals surface area contributed by atoms with Crippen LogP contribution in [0.5, 0.6) is 0 Å². The SMILES string of the molecule is NCCc1ccc2nc(CNC(=O)c3cc(=O)n4ccccc4n3)cn2c1. The molecule has 0 fully saturated rings. The summed E-state index contributed by atoms with van der Waals surface area (Å²) in [7, 11) is 0. The van der Waals surface area contributed by atoms with E-state index >= 15 is 0 Å². The van der Waals surface area contributed by atoms with Gasteiger partial charge < -0.3 is 15.5 Å². The van der Waals surface area contributed by atoms with Crippen molar-refractivity contribution in [1.82, 2.24) is 24.1 Å². The molecule has 4 aromatic rings. The number of amides is 1. The van der Waals surface area contributed by atoms with Gasteiger partial charge in [-0.1, -0.05) is 12.1 Å². The van der Waals surface area contributed by atoms with Gasteiger partial charge in [-0.25, -0.2) is 9.97 Å². The van der Waals surface area contributed by atoms with Crippen molar-refractivity contribution in [1.29, 1.82) is 0 Å². The van der Waals surface area contributed by atoms with E-state index in [1.54, 1.807) is 24.4 Å². The molecule has 4 rings (SSSR count). The van der Waals surface area contributed by atoms with Crippen LogP contribution in [0.4, 0.5) is 0 Å². The maximum atomic E-state index is 12.4. The number of nitrogens with two attached hydrogens (primary N) is 1. The maximum absolute atomic E-state index is 12.4. The van der Waals surface area contributed by atoms with E-state index in [-0.39, 0.29) is 17.8 Å². The van der Waals surface area contributed by atoms with Crippen LogP contribution in [0.1, 0.15) is 21.7 Å². The Balaban J connectivity index is 1.52. The lowest BCUT2D eigenvalue weighted by atomic mass is 10.2. The summed E-state index contributed by atoms with van der Waals surface area (Å²) < 4.78 is 3.30. The van der Waals surface area contributed by atoms with Gasteiger partial charge in [-0.15, -0.1) is 0 Å². The van der Waals surface area contributed by atoms with Crippen molar-refractivity contribution in [2.24, 2.45) is 5.73 Å². The number of aromatic nitrogens is 4. The number of hydrogen-bond donors (Lipinski definition) is 2. The molecule has 1 amide bonds. The van der Waals surface area contributed by atoms with Crippen LogP contribution in [-0.4, -0.2) is 31.2 Å². The normalized spacial score (nSPS) is 11.1. The molecule has 0 spiro atoms. The number of hydrogen-bond acceptors (Lipinski definition) is 5. The van der Waals surface area contributed by atoms with Gasteiger partial charge in [0.15, 0.2) is 0 Å². The molecule has 0 bridgehead atoms. The van der Waals surface area contributed by atoms with E-state index in [0.717, 1.165) is 17.6 Å². The van der Waals surface area contributed by atoms with Crippen molar-refractivity contribution < 1.29 is 4.79 Å². The van der Waals surface area contributed by atoms with Crippen LogP contribution in [0, 0.1) is 0 Å². The van der Waals surface area contributed by atoms with Gasteiger partial charge in [0.2, 0.25) is 0 Å². The van der Waals surface area contributed by atoms with E-state index in [9.17, 15) is 9.59 Å². The first-order valence-corrected chi connectivity index (χ1v) is 8.57. The Labute approximate surface area is 154 Å². The zero-order valence-electron chi connectivity index (χ0n) is 14.5. The van der Waals surface area contributed by atoms with Crippen LogP contribution in [0.15, 0.2) is 59.8 Å². The van der Waals surface area contributed by atoms with E-state index in [4.69, 9.17) is 5.73 Å². The molecule has 0 saturated heterocycles. The summed E-state index contributed by atoms with van der Waals surface area (Å²) in [5.41, 5.74) is 8.43. The average molecular weight is 362 g/mol. The second kappa shape index (κ2) is 7.00. The molecule has 0 atom stereocenters. The van der Waals surface area contributed by atoms with Gasteiger partial charge >= 0.3 is 0 Å². The monoisotopic (exact) mass is 362 g/mol. The largest absolute Gasteiger partial charge is 0.345 e. The first-order valence-electron chi connectivity index (χ1n) is 8.57. The van der Waals surface area contributed by atoms with Crippen molar-refractivity contribution >= 4 is 17.2 Å². The minimum atomic E-state index is -0.417. The summed E-state index contributed by atoms with van der Waals surface area (Å²) in [6.45, 7) is 0.824. The van der Waals surface area contributed by atoms with Crippen molar-refractivity contribution in [2.45, 2.75) is 13.0 Å². The molecule has 0 unspecified atom stereocenters. The number of pyridine rings is 2. The number of nitrogens with one attached hydrogen (secondary N) is 1. The minimum Gasteiger partial charge on any atom is -0.345 e. The Morgan fingerprint density at radius 2 is 2.00 bits per heavy atom. The van der Waals surface area contributed by atoms with E-state index in [2.05, 4.69) is 15.3 Å². The van der Waals surface area contributed by atoms with Crippen LogP contribution < -0.4 is 16.6 Å². The molecule has 4 heterocycles. The lowest BCUT2D eigenvalue weighted by Gasteiger charge is -2.04. The molecule has 27 heavy (non-hydrogen) atoms. The zero-order chi connectivity index (χ0) is 18.8. The smallest absolute Gasteiger partial charge is 0.270 e. The highest BCUT2D eigenvalue weighted by molar-refractivity contribution is 5.92. The lowest BCUT2D eigenvalue weighted by molar-refractivity contribution is 0.0945. The third-order valence-electron chi connectivity index (χ3n) is 4.23. The Morgan fingerprint density at radius 3 is 2.85 bits per heavy atom. The van der Waals surface area contributed by atoms with Crippen LogP contribution in [-0.2, 0) is 13.0 Å². The van der Waals surface area contributed by atoms with Crippen LogP contribution in [0.2, 0.25) is 0 Å². The summed E-state index contributed by atoms with van der Waals surface area (Å²) in [4.78, 5) is 33.2. The first kappa shape index (κ1) is 16.9. The van der Waals surface area contributed by atoms with Crippen molar-refractivity contribution in [2.75, 3.05) is 6.54 Å². The molecule has 0 aliphatic heterocycles.